The number of rotatable bonds is 41. The first-order valence-electron chi connectivity index (χ1n) is 17.2. The quantitative estimate of drug-likeness (QED) is 0.0696. The molecule has 0 unspecified atom stereocenters. The second kappa shape index (κ2) is 42.1. The lowest BCUT2D eigenvalue weighted by Crippen LogP contribution is -2.16. The average molecular weight is 671 g/mol. The zero-order chi connectivity index (χ0) is 33.3. The Hall–Kier alpha value is -0.970. The van der Waals surface area contributed by atoms with Crippen molar-refractivity contribution in [3.63, 3.8) is 0 Å². The third-order valence-corrected chi connectivity index (χ3v) is 6.31. The first kappa shape index (κ1) is 45.0. The van der Waals surface area contributed by atoms with Gasteiger partial charge in [-0.25, -0.2) is 4.79 Å². The average Bonchev–Trinajstić information content (AvgIpc) is 3.07. The molecule has 0 rings (SSSR count). The smallest absolute Gasteiger partial charge is 0.331 e. The minimum Gasteiger partial charge on any atom is -0.467 e. The van der Waals surface area contributed by atoms with Crippen molar-refractivity contribution < 1.29 is 61.6 Å². The molecule has 0 aliphatic carbocycles. The monoisotopic (exact) mass is 670 g/mol. The molecular formula is C33H66O13. The van der Waals surface area contributed by atoms with Gasteiger partial charge in [0.25, 0.3) is 0 Å². The van der Waals surface area contributed by atoms with Crippen LogP contribution in [-0.4, -0.2) is 158 Å². The summed E-state index contributed by atoms with van der Waals surface area (Å²) in [5.41, 5.74) is 0. The van der Waals surface area contributed by atoms with E-state index >= 15 is 0 Å². The van der Waals surface area contributed by atoms with Crippen LogP contribution in [0.4, 0.5) is 0 Å². The Labute approximate surface area is 278 Å². The van der Waals surface area contributed by atoms with Crippen LogP contribution in [-0.2, 0) is 61.6 Å². The minimum absolute atomic E-state index is 0.0675. The molecule has 0 aromatic carbocycles. The molecule has 46 heavy (non-hydrogen) atoms. The molecule has 276 valence electrons. The lowest BCUT2D eigenvalue weighted by Gasteiger charge is -2.09. The van der Waals surface area contributed by atoms with Crippen LogP contribution < -0.4 is 0 Å². The van der Waals surface area contributed by atoms with Gasteiger partial charge in [-0.05, 0) is 6.42 Å². The predicted molar refractivity (Wildman–Crippen MR) is 174 cm³/mol. The molecule has 0 atom stereocenters. The molecule has 0 radical (unpaired) electrons. The van der Waals surface area contributed by atoms with E-state index in [0.29, 0.717) is 132 Å². The van der Waals surface area contributed by atoms with Crippen LogP contribution in [0, 0.1) is 0 Å². The Kier molecular flexibility index (Phi) is 41.2. The maximum Gasteiger partial charge on any atom is 0.331 e. The van der Waals surface area contributed by atoms with Crippen LogP contribution in [0.1, 0.15) is 58.3 Å². The van der Waals surface area contributed by atoms with Gasteiger partial charge in [0.05, 0.1) is 139 Å². The van der Waals surface area contributed by atoms with E-state index in [1.165, 1.54) is 52.1 Å². The first-order valence-corrected chi connectivity index (χ1v) is 17.2. The molecule has 0 saturated heterocycles. The summed E-state index contributed by atoms with van der Waals surface area (Å²) >= 11 is 0. The molecule has 0 amide bonds. The van der Waals surface area contributed by atoms with Gasteiger partial charge in [-0.15, -0.1) is 0 Å². The van der Waals surface area contributed by atoms with E-state index in [9.17, 15) is 4.79 Å². The maximum absolute atomic E-state index is 10.9. The standard InChI is InChI=1S/C33H66O13/c1-3-4-5-6-7-8-9-10-11-36-12-13-37-14-15-38-16-17-39-18-19-40-20-21-41-22-23-42-24-25-43-26-27-44-28-29-45-30-31-46-32-33(34)35-2/h3-32H2,1-2H3. The van der Waals surface area contributed by atoms with E-state index in [1.54, 1.807) is 0 Å². The van der Waals surface area contributed by atoms with Gasteiger partial charge in [-0.3, -0.25) is 0 Å². The summed E-state index contributed by atoms with van der Waals surface area (Å²) in [6.07, 6.45) is 10.5. The Morgan fingerprint density at radius 3 is 0.848 bits per heavy atom. The van der Waals surface area contributed by atoms with Crippen LogP contribution in [0.5, 0.6) is 0 Å². The van der Waals surface area contributed by atoms with Crippen molar-refractivity contribution in [2.75, 3.05) is 152 Å². The number of hydrogen-bond acceptors (Lipinski definition) is 13. The molecule has 0 aromatic rings. The van der Waals surface area contributed by atoms with Crippen molar-refractivity contribution in [3.05, 3.63) is 0 Å². The van der Waals surface area contributed by atoms with Crippen LogP contribution in [0.3, 0.4) is 0 Å². The summed E-state index contributed by atoms with van der Waals surface area (Å²) in [6.45, 7) is 13.1. The van der Waals surface area contributed by atoms with Crippen LogP contribution in [0.2, 0.25) is 0 Å². The largest absolute Gasteiger partial charge is 0.467 e. The molecule has 13 nitrogen and oxygen atoms in total. The van der Waals surface area contributed by atoms with Gasteiger partial charge < -0.3 is 56.8 Å². The Morgan fingerprint density at radius 1 is 0.326 bits per heavy atom. The van der Waals surface area contributed by atoms with Gasteiger partial charge in [0.2, 0.25) is 0 Å². The summed E-state index contributed by atoms with van der Waals surface area (Å²) in [7, 11) is 1.32. The Morgan fingerprint density at radius 2 is 0.565 bits per heavy atom. The van der Waals surface area contributed by atoms with Crippen molar-refractivity contribution in [2.45, 2.75) is 58.3 Å². The highest BCUT2D eigenvalue weighted by molar-refractivity contribution is 5.70. The Balaban J connectivity index is 3.05. The molecule has 0 N–H and O–H groups in total. The molecule has 13 heteroatoms. The number of hydrogen-bond donors (Lipinski definition) is 0. The van der Waals surface area contributed by atoms with Gasteiger partial charge in [-0.2, -0.15) is 0 Å². The normalized spacial score (nSPS) is 11.4. The third kappa shape index (κ3) is 41.1. The van der Waals surface area contributed by atoms with E-state index in [1.807, 2.05) is 0 Å². The zero-order valence-electron chi connectivity index (χ0n) is 29.0. The number of unbranched alkanes of at least 4 members (excludes halogenated alkanes) is 7. The summed E-state index contributed by atoms with van der Waals surface area (Å²) in [5, 5.41) is 0. The third-order valence-electron chi connectivity index (χ3n) is 6.31. The van der Waals surface area contributed by atoms with E-state index in [0.717, 1.165) is 13.0 Å². The molecule has 0 aromatic heterocycles. The molecule has 0 aliphatic heterocycles. The lowest BCUT2D eigenvalue weighted by molar-refractivity contribution is -0.146. The molecule has 0 aliphatic rings. The van der Waals surface area contributed by atoms with Crippen LogP contribution in [0.25, 0.3) is 0 Å². The summed E-state index contributed by atoms with van der Waals surface area (Å²) < 4.78 is 64.3. The Bertz CT molecular complexity index is 572. The second-order valence-corrected chi connectivity index (χ2v) is 10.2. The summed E-state index contributed by atoms with van der Waals surface area (Å²) in [4.78, 5) is 10.9. The summed E-state index contributed by atoms with van der Waals surface area (Å²) in [6, 6.07) is 0. The molecule has 0 spiro atoms. The van der Waals surface area contributed by atoms with Crippen molar-refractivity contribution >= 4 is 5.97 Å². The molecule has 0 saturated carbocycles. The van der Waals surface area contributed by atoms with Crippen molar-refractivity contribution in [3.8, 4) is 0 Å². The number of methoxy groups -OCH3 is 1. The fourth-order valence-electron chi connectivity index (χ4n) is 3.75. The first-order chi connectivity index (χ1) is 22.8. The number of carbonyl (C=O) groups is 1. The van der Waals surface area contributed by atoms with Crippen LogP contribution >= 0.6 is 0 Å². The fraction of sp³-hybridized carbons (Fsp3) is 0.970. The SMILES string of the molecule is CCCCCCCCCCOCCOCCOCCOCCOCCOCCOCCOCCOCCOCCOCC(=O)OC. The topological polar surface area (TPSA) is 128 Å². The van der Waals surface area contributed by atoms with Gasteiger partial charge in [0, 0.05) is 6.61 Å². The van der Waals surface area contributed by atoms with E-state index in [-0.39, 0.29) is 6.61 Å². The predicted octanol–water partition coefficient (Wildman–Crippen LogP) is 3.48. The van der Waals surface area contributed by atoms with Gasteiger partial charge in [0.15, 0.2) is 0 Å². The van der Waals surface area contributed by atoms with E-state index in [2.05, 4.69) is 11.7 Å². The zero-order valence-corrected chi connectivity index (χ0v) is 29.0. The highest BCUT2D eigenvalue weighted by Crippen LogP contribution is 2.08. The number of esters is 1. The van der Waals surface area contributed by atoms with Gasteiger partial charge in [-0.1, -0.05) is 51.9 Å². The molecule has 0 fully saturated rings. The lowest BCUT2D eigenvalue weighted by atomic mass is 10.1. The van der Waals surface area contributed by atoms with Gasteiger partial charge >= 0.3 is 5.97 Å². The second-order valence-electron chi connectivity index (χ2n) is 10.2. The molecule has 0 heterocycles. The number of carbonyl (C=O) groups excluding carboxylic acids is 1. The van der Waals surface area contributed by atoms with E-state index < -0.39 is 5.97 Å². The van der Waals surface area contributed by atoms with E-state index in [4.69, 9.17) is 52.1 Å². The maximum atomic E-state index is 10.9. The van der Waals surface area contributed by atoms with Crippen molar-refractivity contribution in [1.29, 1.82) is 0 Å². The fourth-order valence-corrected chi connectivity index (χ4v) is 3.75. The van der Waals surface area contributed by atoms with Crippen molar-refractivity contribution in [2.24, 2.45) is 0 Å². The minimum atomic E-state index is -0.405. The highest BCUT2D eigenvalue weighted by Gasteiger charge is 1.99. The van der Waals surface area contributed by atoms with Crippen LogP contribution in [0.15, 0.2) is 0 Å². The van der Waals surface area contributed by atoms with Gasteiger partial charge in [0.1, 0.15) is 6.61 Å². The van der Waals surface area contributed by atoms with Crippen molar-refractivity contribution in [1.82, 2.24) is 0 Å². The molecular weight excluding hydrogens is 604 g/mol. The number of ether oxygens (including phenoxy) is 12. The molecule has 0 bridgehead atoms. The summed E-state index contributed by atoms with van der Waals surface area (Å²) in [5.74, 6) is -0.405. The highest BCUT2D eigenvalue weighted by atomic mass is 16.6.